The maximum atomic E-state index is 11.0. The van der Waals surface area contributed by atoms with Crippen LogP contribution in [-0.2, 0) is 6.61 Å². The molecule has 2 aromatic rings. The Balaban J connectivity index is 2.52. The summed E-state index contributed by atoms with van der Waals surface area (Å²) in [5.74, 6) is -0.552. The molecule has 0 bridgehead atoms. The van der Waals surface area contributed by atoms with Crippen molar-refractivity contribution < 1.29 is 9.90 Å². The molecule has 0 saturated carbocycles. The third-order valence-corrected chi connectivity index (χ3v) is 2.72. The van der Waals surface area contributed by atoms with Crippen LogP contribution >= 0.6 is 11.6 Å². The minimum atomic E-state index is -0.552. The summed E-state index contributed by atoms with van der Waals surface area (Å²) in [7, 11) is 0. The lowest BCUT2D eigenvalue weighted by atomic mass is 10.2. The molecule has 1 aromatic heterocycles. The van der Waals surface area contributed by atoms with Crippen molar-refractivity contribution in [1.82, 2.24) is 9.78 Å². The van der Waals surface area contributed by atoms with Gasteiger partial charge in [-0.15, -0.1) is 0 Å². The molecule has 0 saturated heterocycles. The highest BCUT2D eigenvalue weighted by Gasteiger charge is 2.10. The Morgan fingerprint density at radius 3 is 2.88 bits per heavy atom. The number of aliphatic hydroxyl groups is 1. The number of benzene rings is 1. The molecule has 88 valence electrons. The Labute approximate surface area is 102 Å². The maximum Gasteiger partial charge on any atom is 0.251 e. The van der Waals surface area contributed by atoms with E-state index in [-0.39, 0.29) is 6.61 Å². The lowest BCUT2D eigenvalue weighted by Gasteiger charge is -2.08. The molecule has 0 fully saturated rings. The average molecular weight is 252 g/mol. The van der Waals surface area contributed by atoms with Crippen LogP contribution in [0.5, 0.6) is 0 Å². The van der Waals surface area contributed by atoms with Gasteiger partial charge in [0.15, 0.2) is 0 Å². The highest BCUT2D eigenvalue weighted by molar-refractivity contribution is 6.31. The molecule has 0 aliphatic carbocycles. The zero-order valence-electron chi connectivity index (χ0n) is 8.80. The fourth-order valence-corrected chi connectivity index (χ4v) is 1.73. The first kappa shape index (κ1) is 11.6. The molecule has 0 unspecified atom stereocenters. The van der Waals surface area contributed by atoms with E-state index in [2.05, 4.69) is 5.10 Å². The van der Waals surface area contributed by atoms with Crippen LogP contribution in [-0.4, -0.2) is 20.8 Å². The topological polar surface area (TPSA) is 81.1 Å². The van der Waals surface area contributed by atoms with Crippen molar-refractivity contribution in [3.63, 3.8) is 0 Å². The van der Waals surface area contributed by atoms with E-state index in [1.165, 1.54) is 17.1 Å². The summed E-state index contributed by atoms with van der Waals surface area (Å²) >= 11 is 5.96. The standard InChI is InChI=1S/C11H10ClN3O2/c12-9-2-1-3-10(8(9)6-16)15-5-7(4-14-15)11(13)17/h1-5,16H,6H2,(H2,13,17). The number of aromatic nitrogens is 2. The molecule has 2 rings (SSSR count). The molecule has 1 aromatic carbocycles. The summed E-state index contributed by atoms with van der Waals surface area (Å²) in [5.41, 5.74) is 6.61. The summed E-state index contributed by atoms with van der Waals surface area (Å²) in [6.45, 7) is -0.208. The van der Waals surface area contributed by atoms with E-state index in [9.17, 15) is 9.90 Å². The normalized spacial score (nSPS) is 10.5. The number of hydrogen-bond donors (Lipinski definition) is 2. The van der Waals surface area contributed by atoms with Gasteiger partial charge in [-0.05, 0) is 12.1 Å². The lowest BCUT2D eigenvalue weighted by Crippen LogP contribution is -2.09. The van der Waals surface area contributed by atoms with E-state index in [1.54, 1.807) is 18.2 Å². The van der Waals surface area contributed by atoms with Crippen molar-refractivity contribution in [1.29, 1.82) is 0 Å². The minimum absolute atomic E-state index is 0.208. The predicted octanol–water partition coefficient (Wildman–Crippen LogP) is 1.12. The fraction of sp³-hybridized carbons (Fsp3) is 0.0909. The van der Waals surface area contributed by atoms with Crippen molar-refractivity contribution >= 4 is 17.5 Å². The Morgan fingerprint density at radius 2 is 2.29 bits per heavy atom. The van der Waals surface area contributed by atoms with E-state index in [0.717, 1.165) is 0 Å². The Morgan fingerprint density at radius 1 is 1.53 bits per heavy atom. The number of carbonyl (C=O) groups is 1. The van der Waals surface area contributed by atoms with Gasteiger partial charge in [-0.3, -0.25) is 4.79 Å². The first-order chi connectivity index (χ1) is 8.13. The summed E-state index contributed by atoms with van der Waals surface area (Å²) in [6, 6.07) is 5.16. The Hall–Kier alpha value is -1.85. The molecule has 6 heteroatoms. The van der Waals surface area contributed by atoms with Gasteiger partial charge in [0, 0.05) is 16.8 Å². The van der Waals surface area contributed by atoms with Crippen LogP contribution in [0.2, 0.25) is 5.02 Å². The van der Waals surface area contributed by atoms with Gasteiger partial charge in [-0.25, -0.2) is 4.68 Å². The zero-order valence-corrected chi connectivity index (χ0v) is 9.55. The first-order valence-electron chi connectivity index (χ1n) is 4.86. The van der Waals surface area contributed by atoms with Crippen LogP contribution in [0.15, 0.2) is 30.6 Å². The van der Waals surface area contributed by atoms with Gasteiger partial charge in [-0.2, -0.15) is 5.10 Å². The fourth-order valence-electron chi connectivity index (χ4n) is 1.50. The van der Waals surface area contributed by atoms with Gasteiger partial charge < -0.3 is 10.8 Å². The lowest BCUT2D eigenvalue weighted by molar-refractivity contribution is 0.100. The summed E-state index contributed by atoms with van der Waals surface area (Å²) in [4.78, 5) is 11.0. The molecule has 0 radical (unpaired) electrons. The molecule has 0 aliphatic rings. The molecular weight excluding hydrogens is 242 g/mol. The third kappa shape index (κ3) is 2.15. The van der Waals surface area contributed by atoms with Gasteiger partial charge >= 0.3 is 0 Å². The first-order valence-corrected chi connectivity index (χ1v) is 5.24. The second kappa shape index (κ2) is 4.57. The van der Waals surface area contributed by atoms with E-state index in [4.69, 9.17) is 17.3 Å². The number of halogens is 1. The van der Waals surface area contributed by atoms with Crippen molar-refractivity contribution in [3.8, 4) is 5.69 Å². The molecule has 5 nitrogen and oxygen atoms in total. The highest BCUT2D eigenvalue weighted by Crippen LogP contribution is 2.23. The minimum Gasteiger partial charge on any atom is -0.392 e. The summed E-state index contributed by atoms with van der Waals surface area (Å²) in [5, 5.41) is 13.7. The molecule has 17 heavy (non-hydrogen) atoms. The number of aliphatic hydroxyl groups excluding tert-OH is 1. The summed E-state index contributed by atoms with van der Waals surface area (Å²) < 4.78 is 1.46. The molecule has 3 N–H and O–H groups in total. The number of primary amides is 1. The van der Waals surface area contributed by atoms with E-state index in [1.807, 2.05) is 0 Å². The number of nitrogens with zero attached hydrogens (tertiary/aromatic N) is 2. The SMILES string of the molecule is NC(=O)c1cnn(-c2cccc(Cl)c2CO)c1. The smallest absolute Gasteiger partial charge is 0.251 e. The Bertz CT molecular complexity index is 566. The van der Waals surface area contributed by atoms with Crippen molar-refractivity contribution in [2.75, 3.05) is 0 Å². The Kier molecular flexibility index (Phi) is 3.12. The van der Waals surface area contributed by atoms with Crippen LogP contribution < -0.4 is 5.73 Å². The second-order valence-corrected chi connectivity index (χ2v) is 3.84. The molecule has 1 amide bonds. The van der Waals surface area contributed by atoms with Crippen molar-refractivity contribution in [3.05, 3.63) is 46.7 Å². The number of amides is 1. The third-order valence-electron chi connectivity index (χ3n) is 2.37. The van der Waals surface area contributed by atoms with Crippen molar-refractivity contribution in [2.24, 2.45) is 5.73 Å². The van der Waals surface area contributed by atoms with Crippen LogP contribution in [0.25, 0.3) is 5.69 Å². The molecular formula is C11H10ClN3O2. The number of carbonyl (C=O) groups excluding carboxylic acids is 1. The quantitative estimate of drug-likeness (QED) is 0.858. The van der Waals surface area contributed by atoms with Crippen LogP contribution in [0.4, 0.5) is 0 Å². The monoisotopic (exact) mass is 251 g/mol. The molecule has 1 heterocycles. The van der Waals surface area contributed by atoms with Crippen LogP contribution in [0, 0.1) is 0 Å². The van der Waals surface area contributed by atoms with Crippen molar-refractivity contribution in [2.45, 2.75) is 6.61 Å². The summed E-state index contributed by atoms with van der Waals surface area (Å²) in [6.07, 6.45) is 2.86. The largest absolute Gasteiger partial charge is 0.392 e. The maximum absolute atomic E-state index is 11.0. The molecule has 0 spiro atoms. The molecule has 0 aliphatic heterocycles. The van der Waals surface area contributed by atoms with Crippen LogP contribution in [0.3, 0.4) is 0 Å². The second-order valence-electron chi connectivity index (χ2n) is 3.43. The number of rotatable bonds is 3. The molecule has 0 atom stereocenters. The van der Waals surface area contributed by atoms with Gasteiger partial charge in [0.25, 0.3) is 5.91 Å². The van der Waals surface area contributed by atoms with E-state index >= 15 is 0 Å². The van der Waals surface area contributed by atoms with E-state index < -0.39 is 5.91 Å². The van der Waals surface area contributed by atoms with Gasteiger partial charge in [0.2, 0.25) is 0 Å². The highest BCUT2D eigenvalue weighted by atomic mass is 35.5. The van der Waals surface area contributed by atoms with E-state index in [0.29, 0.717) is 21.8 Å². The van der Waals surface area contributed by atoms with Gasteiger partial charge in [0.05, 0.1) is 24.1 Å². The van der Waals surface area contributed by atoms with Gasteiger partial charge in [-0.1, -0.05) is 17.7 Å². The average Bonchev–Trinajstić information content (AvgIpc) is 2.77. The van der Waals surface area contributed by atoms with Crippen LogP contribution in [0.1, 0.15) is 15.9 Å². The zero-order chi connectivity index (χ0) is 12.4. The number of hydrogen-bond acceptors (Lipinski definition) is 3. The predicted molar refractivity (Wildman–Crippen MR) is 63.0 cm³/mol. The number of nitrogens with two attached hydrogens (primary N) is 1. The van der Waals surface area contributed by atoms with Gasteiger partial charge in [0.1, 0.15) is 0 Å².